The Hall–Kier alpha value is -0.600. The van der Waals surface area contributed by atoms with Gasteiger partial charge in [-0.05, 0) is 59.8 Å². The summed E-state index contributed by atoms with van der Waals surface area (Å²) in [5, 5.41) is 7.85. The average Bonchev–Trinajstić information content (AvgIpc) is 2.87. The van der Waals surface area contributed by atoms with Crippen molar-refractivity contribution in [3.63, 3.8) is 0 Å². The van der Waals surface area contributed by atoms with Crippen LogP contribution in [0.15, 0.2) is 28.9 Å². The van der Waals surface area contributed by atoms with Gasteiger partial charge in [-0.3, -0.25) is 4.68 Å². The molecule has 0 saturated heterocycles. The third-order valence-corrected chi connectivity index (χ3v) is 4.72. The summed E-state index contributed by atoms with van der Waals surface area (Å²) in [6.07, 6.45) is 2.82. The number of rotatable bonds is 6. The first kappa shape index (κ1) is 16.8. The molecule has 1 heterocycles. The predicted octanol–water partition coefficient (Wildman–Crippen LogP) is 3.98. The lowest BCUT2D eigenvalue weighted by molar-refractivity contribution is 0.400. The Kier molecular flexibility index (Phi) is 6.07. The largest absolute Gasteiger partial charge is 0.493 e. The van der Waals surface area contributed by atoms with Crippen LogP contribution in [-0.2, 0) is 6.54 Å². The van der Waals surface area contributed by atoms with Crippen molar-refractivity contribution >= 4 is 38.5 Å². The SMILES string of the molecule is CCCn1ncc(OC)c1C(NC)c1cc(I)ccc1Br. The molecule has 0 radical (unpaired) electrons. The van der Waals surface area contributed by atoms with Gasteiger partial charge < -0.3 is 10.1 Å². The highest BCUT2D eigenvalue weighted by Crippen LogP contribution is 2.34. The molecule has 0 aliphatic rings. The fraction of sp³-hybridized carbons (Fsp3) is 0.400. The molecule has 114 valence electrons. The van der Waals surface area contributed by atoms with E-state index in [2.05, 4.69) is 74.1 Å². The highest BCUT2D eigenvalue weighted by Gasteiger charge is 2.24. The lowest BCUT2D eigenvalue weighted by Crippen LogP contribution is -2.23. The number of aromatic nitrogens is 2. The van der Waals surface area contributed by atoms with Crippen LogP contribution in [0.5, 0.6) is 5.75 Å². The maximum Gasteiger partial charge on any atom is 0.161 e. The molecule has 21 heavy (non-hydrogen) atoms. The lowest BCUT2D eigenvalue weighted by atomic mass is 10.0. The van der Waals surface area contributed by atoms with Crippen LogP contribution in [0.25, 0.3) is 0 Å². The van der Waals surface area contributed by atoms with Crippen LogP contribution in [0.2, 0.25) is 0 Å². The van der Waals surface area contributed by atoms with Crippen LogP contribution in [0.4, 0.5) is 0 Å². The zero-order valence-electron chi connectivity index (χ0n) is 12.4. The Morgan fingerprint density at radius 1 is 1.48 bits per heavy atom. The molecule has 6 heteroatoms. The van der Waals surface area contributed by atoms with Crippen molar-refractivity contribution in [1.29, 1.82) is 0 Å². The van der Waals surface area contributed by atoms with E-state index in [1.165, 1.54) is 9.13 Å². The Bertz CT molecular complexity index is 615. The van der Waals surface area contributed by atoms with E-state index in [0.29, 0.717) is 0 Å². The fourth-order valence-electron chi connectivity index (χ4n) is 2.39. The topological polar surface area (TPSA) is 39.1 Å². The van der Waals surface area contributed by atoms with E-state index in [4.69, 9.17) is 4.74 Å². The molecule has 0 amide bonds. The van der Waals surface area contributed by atoms with Crippen molar-refractivity contribution in [3.8, 4) is 5.75 Å². The first-order valence-electron chi connectivity index (χ1n) is 6.84. The van der Waals surface area contributed by atoms with Crippen molar-refractivity contribution in [3.05, 3.63) is 43.7 Å². The van der Waals surface area contributed by atoms with E-state index in [1.54, 1.807) is 13.3 Å². The lowest BCUT2D eigenvalue weighted by Gasteiger charge is -2.21. The summed E-state index contributed by atoms with van der Waals surface area (Å²) in [5.74, 6) is 0.813. The van der Waals surface area contributed by atoms with E-state index in [0.717, 1.165) is 28.9 Å². The molecule has 0 aliphatic heterocycles. The van der Waals surface area contributed by atoms with Crippen molar-refractivity contribution in [2.75, 3.05) is 14.2 Å². The van der Waals surface area contributed by atoms with Gasteiger partial charge in [-0.1, -0.05) is 22.9 Å². The number of ether oxygens (including phenoxy) is 1. The number of nitrogens with one attached hydrogen (secondary N) is 1. The number of halogens is 2. The van der Waals surface area contributed by atoms with Gasteiger partial charge in [0.05, 0.1) is 19.3 Å². The molecular weight excluding hydrogens is 445 g/mol. The number of methoxy groups -OCH3 is 1. The first-order chi connectivity index (χ1) is 10.1. The van der Waals surface area contributed by atoms with Gasteiger partial charge in [-0.2, -0.15) is 5.10 Å². The van der Waals surface area contributed by atoms with E-state index in [-0.39, 0.29) is 6.04 Å². The predicted molar refractivity (Wildman–Crippen MR) is 96.8 cm³/mol. The second-order valence-corrected chi connectivity index (χ2v) is 6.81. The van der Waals surface area contributed by atoms with Crippen molar-refractivity contribution in [2.45, 2.75) is 25.9 Å². The van der Waals surface area contributed by atoms with Gasteiger partial charge in [0.1, 0.15) is 5.69 Å². The highest BCUT2D eigenvalue weighted by atomic mass is 127. The van der Waals surface area contributed by atoms with Crippen LogP contribution >= 0.6 is 38.5 Å². The maximum absolute atomic E-state index is 5.51. The fourth-order valence-corrected chi connectivity index (χ4v) is 3.38. The molecule has 1 unspecified atom stereocenters. The molecule has 0 spiro atoms. The monoisotopic (exact) mass is 463 g/mol. The Morgan fingerprint density at radius 3 is 2.86 bits per heavy atom. The smallest absolute Gasteiger partial charge is 0.161 e. The van der Waals surface area contributed by atoms with Crippen LogP contribution in [-0.4, -0.2) is 23.9 Å². The van der Waals surface area contributed by atoms with Crippen LogP contribution in [0.1, 0.15) is 30.6 Å². The highest BCUT2D eigenvalue weighted by molar-refractivity contribution is 14.1. The van der Waals surface area contributed by atoms with Crippen molar-refractivity contribution in [1.82, 2.24) is 15.1 Å². The number of hydrogen-bond acceptors (Lipinski definition) is 3. The van der Waals surface area contributed by atoms with Gasteiger partial charge in [-0.15, -0.1) is 0 Å². The number of hydrogen-bond donors (Lipinski definition) is 1. The zero-order chi connectivity index (χ0) is 15.4. The van der Waals surface area contributed by atoms with E-state index in [1.807, 2.05) is 11.7 Å². The molecular formula is C15H19BrIN3O. The summed E-state index contributed by atoms with van der Waals surface area (Å²) < 4.78 is 9.80. The molecule has 2 rings (SSSR count). The Balaban J connectivity index is 2.55. The minimum Gasteiger partial charge on any atom is -0.493 e. The zero-order valence-corrected chi connectivity index (χ0v) is 16.1. The van der Waals surface area contributed by atoms with Crippen molar-refractivity contribution in [2.24, 2.45) is 0 Å². The van der Waals surface area contributed by atoms with Crippen LogP contribution < -0.4 is 10.1 Å². The van der Waals surface area contributed by atoms with Crippen molar-refractivity contribution < 1.29 is 4.74 Å². The molecule has 1 aromatic carbocycles. The molecule has 0 aliphatic carbocycles. The first-order valence-corrected chi connectivity index (χ1v) is 8.71. The normalized spacial score (nSPS) is 12.4. The van der Waals surface area contributed by atoms with E-state index >= 15 is 0 Å². The number of benzene rings is 1. The molecule has 1 N–H and O–H groups in total. The van der Waals surface area contributed by atoms with E-state index < -0.39 is 0 Å². The molecule has 0 saturated carbocycles. The minimum atomic E-state index is 0.0260. The summed E-state index contributed by atoms with van der Waals surface area (Å²) >= 11 is 5.98. The molecule has 0 bridgehead atoms. The van der Waals surface area contributed by atoms with Gasteiger partial charge in [0, 0.05) is 14.6 Å². The summed E-state index contributed by atoms with van der Waals surface area (Å²) in [5.41, 5.74) is 2.24. The van der Waals surface area contributed by atoms with E-state index in [9.17, 15) is 0 Å². The Morgan fingerprint density at radius 2 is 2.24 bits per heavy atom. The van der Waals surface area contributed by atoms with Crippen LogP contribution in [0, 0.1) is 3.57 Å². The molecule has 4 nitrogen and oxygen atoms in total. The number of aryl methyl sites for hydroxylation is 1. The second-order valence-electron chi connectivity index (χ2n) is 4.71. The molecule has 1 aromatic heterocycles. The third-order valence-electron chi connectivity index (χ3n) is 3.33. The number of nitrogens with zero attached hydrogens (tertiary/aromatic N) is 2. The quantitative estimate of drug-likeness (QED) is 0.658. The maximum atomic E-state index is 5.51. The summed E-state index contributed by atoms with van der Waals surface area (Å²) in [7, 11) is 3.65. The molecule has 0 fully saturated rings. The van der Waals surface area contributed by atoms with Gasteiger partial charge in [0.25, 0.3) is 0 Å². The summed E-state index contributed by atoms with van der Waals surface area (Å²) in [4.78, 5) is 0. The van der Waals surface area contributed by atoms with Gasteiger partial charge in [-0.25, -0.2) is 0 Å². The third kappa shape index (κ3) is 3.60. The average molecular weight is 464 g/mol. The summed E-state index contributed by atoms with van der Waals surface area (Å²) in [6, 6.07) is 6.36. The molecule has 1 atom stereocenters. The van der Waals surface area contributed by atoms with Gasteiger partial charge in [0.15, 0.2) is 5.75 Å². The summed E-state index contributed by atoms with van der Waals surface area (Å²) in [6.45, 7) is 3.02. The molecule has 2 aromatic rings. The minimum absolute atomic E-state index is 0.0260. The standard InChI is InChI=1S/C15H19BrIN3O/c1-4-7-20-15(13(21-3)9-19-20)14(18-2)11-8-10(17)5-6-12(11)16/h5-6,8-9,14,18H,4,7H2,1-3H3. The second kappa shape index (κ2) is 7.60. The van der Waals surface area contributed by atoms with Gasteiger partial charge >= 0.3 is 0 Å². The van der Waals surface area contributed by atoms with Gasteiger partial charge in [0.2, 0.25) is 0 Å². The Labute approximate surface area is 147 Å². The van der Waals surface area contributed by atoms with Crippen LogP contribution in [0.3, 0.4) is 0 Å².